The van der Waals surface area contributed by atoms with Gasteiger partial charge in [-0.15, -0.1) is 5.10 Å². The lowest BCUT2D eigenvalue weighted by Crippen LogP contribution is -2.17. The number of fused-ring (bicyclic) bond motifs is 1. The van der Waals surface area contributed by atoms with Crippen molar-refractivity contribution in [3.63, 3.8) is 0 Å². The van der Waals surface area contributed by atoms with Crippen LogP contribution in [0.4, 0.5) is 0 Å². The minimum Gasteiger partial charge on any atom is -0.395 e. The average Bonchev–Trinajstić information content (AvgIpc) is 3.12. The Morgan fingerprint density at radius 2 is 1.78 bits per heavy atom. The first-order valence-corrected chi connectivity index (χ1v) is 9.08. The molecule has 27 heavy (non-hydrogen) atoms. The summed E-state index contributed by atoms with van der Waals surface area (Å²) in [5.74, 6) is 0.728. The van der Waals surface area contributed by atoms with Crippen molar-refractivity contribution >= 4 is 5.65 Å². The summed E-state index contributed by atoms with van der Waals surface area (Å²) in [4.78, 5) is 4.71. The maximum atomic E-state index is 8.89. The molecule has 4 aromatic rings. The van der Waals surface area contributed by atoms with Crippen molar-refractivity contribution in [1.82, 2.24) is 19.9 Å². The molecular weight excluding hydrogens is 336 g/mol. The minimum atomic E-state index is 0.132. The van der Waals surface area contributed by atoms with Gasteiger partial charge in [0.05, 0.1) is 6.61 Å². The van der Waals surface area contributed by atoms with Crippen LogP contribution in [-0.2, 0) is 6.54 Å². The number of aliphatic hydroxyl groups is 1. The predicted octanol–water partition coefficient (Wildman–Crippen LogP) is 3.45. The van der Waals surface area contributed by atoms with Crippen LogP contribution in [0.2, 0.25) is 0 Å². The van der Waals surface area contributed by atoms with E-state index in [4.69, 9.17) is 15.2 Å². The van der Waals surface area contributed by atoms with Crippen LogP contribution in [0.25, 0.3) is 28.2 Å². The molecular formula is C22H22N4O. The Hall–Kier alpha value is -3.02. The highest BCUT2D eigenvalue weighted by molar-refractivity contribution is 5.76. The summed E-state index contributed by atoms with van der Waals surface area (Å²) >= 11 is 0. The minimum absolute atomic E-state index is 0.132. The maximum Gasteiger partial charge on any atom is 0.182 e. The lowest BCUT2D eigenvalue weighted by Gasteiger charge is -2.09. The number of nitrogens with one attached hydrogen (secondary N) is 1. The zero-order chi connectivity index (χ0) is 18.6. The third-order valence-corrected chi connectivity index (χ3v) is 4.67. The normalized spacial score (nSPS) is 11.2. The van der Waals surface area contributed by atoms with Crippen molar-refractivity contribution in [2.45, 2.75) is 13.5 Å². The third kappa shape index (κ3) is 3.60. The van der Waals surface area contributed by atoms with Crippen molar-refractivity contribution < 1.29 is 5.11 Å². The molecule has 0 spiro atoms. The second kappa shape index (κ2) is 7.70. The molecule has 0 radical (unpaired) electrons. The Morgan fingerprint density at radius 1 is 0.963 bits per heavy atom. The SMILES string of the molecule is Cc1c(-c2ccccc2)cccc1-c1nc2ccc(CNCCO)cn2n1. The number of hydrogen-bond acceptors (Lipinski definition) is 4. The molecule has 0 aliphatic heterocycles. The molecule has 0 saturated carbocycles. The van der Waals surface area contributed by atoms with Crippen molar-refractivity contribution in [3.8, 4) is 22.5 Å². The molecule has 0 bridgehead atoms. The fourth-order valence-corrected chi connectivity index (χ4v) is 3.26. The monoisotopic (exact) mass is 358 g/mol. The molecule has 0 aliphatic rings. The topological polar surface area (TPSA) is 62.5 Å². The van der Waals surface area contributed by atoms with Gasteiger partial charge in [-0.2, -0.15) is 0 Å². The van der Waals surface area contributed by atoms with E-state index >= 15 is 0 Å². The molecule has 0 saturated heterocycles. The van der Waals surface area contributed by atoms with E-state index < -0.39 is 0 Å². The Morgan fingerprint density at radius 3 is 2.59 bits per heavy atom. The number of pyridine rings is 1. The highest BCUT2D eigenvalue weighted by Gasteiger charge is 2.12. The third-order valence-electron chi connectivity index (χ3n) is 4.67. The summed E-state index contributed by atoms with van der Waals surface area (Å²) in [7, 11) is 0. The molecule has 2 aromatic heterocycles. The number of nitrogens with zero attached hydrogens (tertiary/aromatic N) is 3. The Balaban J connectivity index is 1.70. The van der Waals surface area contributed by atoms with Gasteiger partial charge in [-0.1, -0.05) is 54.6 Å². The molecule has 4 rings (SSSR count). The zero-order valence-corrected chi connectivity index (χ0v) is 15.3. The smallest absolute Gasteiger partial charge is 0.182 e. The van der Waals surface area contributed by atoms with E-state index in [0.29, 0.717) is 13.1 Å². The molecule has 0 unspecified atom stereocenters. The number of aromatic nitrogens is 3. The van der Waals surface area contributed by atoms with Crippen LogP contribution >= 0.6 is 0 Å². The first kappa shape index (κ1) is 17.4. The molecule has 2 N–H and O–H groups in total. The number of rotatable bonds is 6. The molecule has 2 heterocycles. The summed E-state index contributed by atoms with van der Waals surface area (Å²) in [6, 6.07) is 20.6. The van der Waals surface area contributed by atoms with Crippen LogP contribution in [0.5, 0.6) is 0 Å². The molecule has 136 valence electrons. The van der Waals surface area contributed by atoms with Crippen molar-refractivity contribution in [3.05, 3.63) is 78.0 Å². The van der Waals surface area contributed by atoms with E-state index in [1.807, 2.05) is 28.9 Å². The predicted molar refractivity (Wildman–Crippen MR) is 107 cm³/mol. The fraction of sp³-hybridized carbons (Fsp3) is 0.182. The van der Waals surface area contributed by atoms with Gasteiger partial charge >= 0.3 is 0 Å². The Bertz CT molecular complexity index is 1060. The van der Waals surface area contributed by atoms with Gasteiger partial charge < -0.3 is 10.4 Å². The van der Waals surface area contributed by atoms with Gasteiger partial charge in [0.15, 0.2) is 11.5 Å². The molecule has 0 fully saturated rings. The summed E-state index contributed by atoms with van der Waals surface area (Å²) in [5.41, 5.74) is 6.52. The maximum absolute atomic E-state index is 8.89. The fourth-order valence-electron chi connectivity index (χ4n) is 3.26. The first-order chi connectivity index (χ1) is 13.3. The van der Waals surface area contributed by atoms with Gasteiger partial charge in [-0.05, 0) is 35.2 Å². The van der Waals surface area contributed by atoms with E-state index in [1.165, 1.54) is 16.7 Å². The van der Waals surface area contributed by atoms with Crippen LogP contribution in [0.15, 0.2) is 66.9 Å². The van der Waals surface area contributed by atoms with E-state index in [-0.39, 0.29) is 6.61 Å². The van der Waals surface area contributed by atoms with Gasteiger partial charge in [0.2, 0.25) is 0 Å². The van der Waals surface area contributed by atoms with Crippen LogP contribution in [0, 0.1) is 6.92 Å². The van der Waals surface area contributed by atoms with Crippen LogP contribution in [0.1, 0.15) is 11.1 Å². The van der Waals surface area contributed by atoms with Crippen LogP contribution in [-0.4, -0.2) is 32.9 Å². The van der Waals surface area contributed by atoms with Gasteiger partial charge in [0.1, 0.15) is 0 Å². The highest BCUT2D eigenvalue weighted by Crippen LogP contribution is 2.30. The standard InChI is InChI=1S/C22H22N4O/c1-16-19(18-6-3-2-4-7-18)8-5-9-20(16)22-24-21-11-10-17(14-23-12-13-27)15-26(21)25-22/h2-11,15,23,27H,12-14H2,1H3. The first-order valence-electron chi connectivity index (χ1n) is 9.08. The summed E-state index contributed by atoms with van der Waals surface area (Å²) < 4.78 is 1.82. The van der Waals surface area contributed by atoms with Crippen molar-refractivity contribution in [2.24, 2.45) is 0 Å². The lowest BCUT2D eigenvalue weighted by atomic mass is 9.96. The quantitative estimate of drug-likeness (QED) is 0.518. The van der Waals surface area contributed by atoms with Crippen molar-refractivity contribution in [2.75, 3.05) is 13.2 Å². The number of benzene rings is 2. The molecule has 5 nitrogen and oxygen atoms in total. The Labute approximate surface area is 158 Å². The van der Waals surface area contributed by atoms with Gasteiger partial charge in [0, 0.05) is 24.8 Å². The highest BCUT2D eigenvalue weighted by atomic mass is 16.3. The zero-order valence-electron chi connectivity index (χ0n) is 15.3. The van der Waals surface area contributed by atoms with Crippen LogP contribution in [0.3, 0.4) is 0 Å². The van der Waals surface area contributed by atoms with E-state index in [1.54, 1.807) is 0 Å². The van der Waals surface area contributed by atoms with E-state index in [0.717, 1.165) is 22.6 Å². The second-order valence-electron chi connectivity index (χ2n) is 6.52. The second-order valence-corrected chi connectivity index (χ2v) is 6.52. The Kier molecular flexibility index (Phi) is 4.96. The molecule has 5 heteroatoms. The van der Waals surface area contributed by atoms with E-state index in [9.17, 15) is 0 Å². The van der Waals surface area contributed by atoms with Gasteiger partial charge in [0.25, 0.3) is 0 Å². The largest absolute Gasteiger partial charge is 0.395 e. The van der Waals surface area contributed by atoms with Crippen LogP contribution < -0.4 is 5.32 Å². The average molecular weight is 358 g/mol. The summed E-state index contributed by atoms with van der Waals surface area (Å²) in [5, 5.41) is 16.8. The number of hydrogen-bond donors (Lipinski definition) is 2. The molecule has 0 amide bonds. The molecule has 2 aromatic carbocycles. The lowest BCUT2D eigenvalue weighted by molar-refractivity contribution is 0.292. The van der Waals surface area contributed by atoms with Gasteiger partial charge in [-0.3, -0.25) is 0 Å². The summed E-state index contributed by atoms with van der Waals surface area (Å²) in [6.45, 7) is 3.51. The van der Waals surface area contributed by atoms with E-state index in [2.05, 4.69) is 54.7 Å². The summed E-state index contributed by atoms with van der Waals surface area (Å²) in [6.07, 6.45) is 1.98. The van der Waals surface area contributed by atoms with Gasteiger partial charge in [-0.25, -0.2) is 9.50 Å². The molecule has 0 aliphatic carbocycles. The number of aliphatic hydroxyl groups excluding tert-OH is 1. The molecule has 0 atom stereocenters. The van der Waals surface area contributed by atoms with Crippen molar-refractivity contribution in [1.29, 1.82) is 0 Å².